The molecule has 0 bridgehead atoms. The molecule has 1 aromatic heterocycles. The monoisotopic (exact) mass is 259 g/mol. The van der Waals surface area contributed by atoms with Gasteiger partial charge in [0, 0.05) is 18.5 Å². The number of nitrogens with one attached hydrogen (secondary N) is 1. The van der Waals surface area contributed by atoms with Gasteiger partial charge in [-0.25, -0.2) is 9.97 Å². The molecule has 1 heterocycles. The quantitative estimate of drug-likeness (QED) is 0.887. The number of hydrogen-bond acceptors (Lipinski definition) is 5. The zero-order chi connectivity index (χ0) is 13.7. The number of rotatable bonds is 5. The number of hydrogen-bond donors (Lipinski definition) is 1. The molecule has 0 aliphatic heterocycles. The minimum absolute atomic E-state index is 0.106. The van der Waals surface area contributed by atoms with E-state index >= 15 is 0 Å². The molecular formula is C14H17N3O2. The van der Waals surface area contributed by atoms with Gasteiger partial charge in [-0.2, -0.15) is 0 Å². The first kappa shape index (κ1) is 13.3. The van der Waals surface area contributed by atoms with Gasteiger partial charge >= 0.3 is 0 Å². The van der Waals surface area contributed by atoms with E-state index in [4.69, 9.17) is 9.47 Å². The molecule has 0 aliphatic rings. The summed E-state index contributed by atoms with van der Waals surface area (Å²) in [7, 11) is 5.13. The summed E-state index contributed by atoms with van der Waals surface area (Å²) in [6.07, 6.45) is 3.45. The topological polar surface area (TPSA) is 56.3 Å². The molecule has 1 aromatic carbocycles. The van der Waals surface area contributed by atoms with Crippen LogP contribution in [0.3, 0.4) is 0 Å². The third-order valence-electron chi connectivity index (χ3n) is 2.84. The van der Waals surface area contributed by atoms with E-state index in [-0.39, 0.29) is 6.04 Å². The second-order valence-electron chi connectivity index (χ2n) is 3.97. The van der Waals surface area contributed by atoms with Crippen LogP contribution >= 0.6 is 0 Å². The van der Waals surface area contributed by atoms with Gasteiger partial charge in [0.1, 0.15) is 17.3 Å². The summed E-state index contributed by atoms with van der Waals surface area (Å²) in [6.45, 7) is 0. The Morgan fingerprint density at radius 3 is 2.05 bits per heavy atom. The molecule has 1 N–H and O–H groups in total. The van der Waals surface area contributed by atoms with E-state index in [2.05, 4.69) is 15.3 Å². The molecule has 0 saturated heterocycles. The van der Waals surface area contributed by atoms with Crippen molar-refractivity contribution < 1.29 is 9.47 Å². The fourth-order valence-electron chi connectivity index (χ4n) is 1.90. The molecule has 2 aromatic rings. The van der Waals surface area contributed by atoms with Gasteiger partial charge in [0.2, 0.25) is 0 Å². The number of ether oxygens (including phenoxy) is 2. The molecule has 0 radical (unpaired) electrons. The van der Waals surface area contributed by atoms with Crippen molar-refractivity contribution in [2.24, 2.45) is 0 Å². The van der Waals surface area contributed by atoms with Crippen LogP contribution in [0.1, 0.15) is 17.4 Å². The average molecular weight is 259 g/mol. The molecule has 5 nitrogen and oxygen atoms in total. The first-order valence-corrected chi connectivity index (χ1v) is 5.95. The number of benzene rings is 1. The van der Waals surface area contributed by atoms with Crippen LogP contribution < -0.4 is 14.8 Å². The highest BCUT2D eigenvalue weighted by molar-refractivity contribution is 5.41. The lowest BCUT2D eigenvalue weighted by atomic mass is 10.1. The maximum atomic E-state index is 5.28. The molecule has 19 heavy (non-hydrogen) atoms. The number of methoxy groups -OCH3 is 2. The van der Waals surface area contributed by atoms with Crippen LogP contribution in [0.25, 0.3) is 0 Å². The van der Waals surface area contributed by atoms with Crippen LogP contribution in [0.5, 0.6) is 11.5 Å². The lowest BCUT2D eigenvalue weighted by Crippen LogP contribution is -2.20. The van der Waals surface area contributed by atoms with E-state index in [9.17, 15) is 0 Å². The van der Waals surface area contributed by atoms with Gasteiger partial charge < -0.3 is 14.8 Å². The molecule has 0 aliphatic carbocycles. The first-order chi connectivity index (χ1) is 9.28. The van der Waals surface area contributed by atoms with Gasteiger partial charge in [-0.05, 0) is 30.8 Å². The second-order valence-corrected chi connectivity index (χ2v) is 3.97. The Labute approximate surface area is 112 Å². The van der Waals surface area contributed by atoms with Crippen molar-refractivity contribution in [3.8, 4) is 11.5 Å². The Morgan fingerprint density at radius 1 is 1.00 bits per heavy atom. The molecule has 0 saturated carbocycles. The Balaban J connectivity index is 2.43. The standard InChI is InChI=1S/C14H17N3O2/c1-15-13(14-16-5-4-6-17-14)10-7-11(18-2)9-12(8-10)19-3/h4-9,13,15H,1-3H3. The summed E-state index contributed by atoms with van der Waals surface area (Å²) in [4.78, 5) is 8.56. The van der Waals surface area contributed by atoms with Crippen LogP contribution in [0.4, 0.5) is 0 Å². The van der Waals surface area contributed by atoms with Crippen molar-refractivity contribution in [2.45, 2.75) is 6.04 Å². The van der Waals surface area contributed by atoms with Crippen LogP contribution in [0.2, 0.25) is 0 Å². The third-order valence-corrected chi connectivity index (χ3v) is 2.84. The summed E-state index contributed by atoms with van der Waals surface area (Å²) in [5.41, 5.74) is 0.991. The maximum Gasteiger partial charge on any atom is 0.149 e. The summed E-state index contributed by atoms with van der Waals surface area (Å²) in [6, 6.07) is 7.41. The normalized spacial score (nSPS) is 11.9. The Bertz CT molecular complexity index is 509. The highest BCUT2D eigenvalue weighted by Gasteiger charge is 2.16. The van der Waals surface area contributed by atoms with Crippen molar-refractivity contribution in [2.75, 3.05) is 21.3 Å². The van der Waals surface area contributed by atoms with E-state index in [1.807, 2.05) is 25.2 Å². The average Bonchev–Trinajstić information content (AvgIpc) is 2.48. The lowest BCUT2D eigenvalue weighted by molar-refractivity contribution is 0.392. The Kier molecular flexibility index (Phi) is 4.30. The highest BCUT2D eigenvalue weighted by Crippen LogP contribution is 2.28. The molecular weight excluding hydrogens is 242 g/mol. The highest BCUT2D eigenvalue weighted by atomic mass is 16.5. The maximum absolute atomic E-state index is 5.28. The van der Waals surface area contributed by atoms with Crippen LogP contribution in [-0.4, -0.2) is 31.2 Å². The van der Waals surface area contributed by atoms with Crippen molar-refractivity contribution in [1.29, 1.82) is 0 Å². The predicted molar refractivity (Wildman–Crippen MR) is 72.5 cm³/mol. The minimum atomic E-state index is -0.106. The summed E-state index contributed by atoms with van der Waals surface area (Å²) >= 11 is 0. The van der Waals surface area contributed by atoms with Gasteiger partial charge in [0.25, 0.3) is 0 Å². The number of nitrogens with zero attached hydrogens (tertiary/aromatic N) is 2. The van der Waals surface area contributed by atoms with E-state index in [0.717, 1.165) is 17.1 Å². The van der Waals surface area contributed by atoms with E-state index in [0.29, 0.717) is 5.82 Å². The van der Waals surface area contributed by atoms with Crippen LogP contribution in [-0.2, 0) is 0 Å². The van der Waals surface area contributed by atoms with Crippen LogP contribution in [0, 0.1) is 0 Å². The largest absolute Gasteiger partial charge is 0.497 e. The summed E-state index contributed by atoms with van der Waals surface area (Å²) in [5.74, 6) is 2.19. The molecule has 0 spiro atoms. The number of aromatic nitrogens is 2. The predicted octanol–water partition coefficient (Wildman–Crippen LogP) is 1.80. The Hall–Kier alpha value is -2.14. The van der Waals surface area contributed by atoms with Crippen molar-refractivity contribution in [1.82, 2.24) is 15.3 Å². The zero-order valence-electron chi connectivity index (χ0n) is 11.3. The van der Waals surface area contributed by atoms with Gasteiger partial charge in [0.05, 0.1) is 20.3 Å². The molecule has 100 valence electrons. The Morgan fingerprint density at radius 2 is 1.58 bits per heavy atom. The SMILES string of the molecule is CNC(c1cc(OC)cc(OC)c1)c1ncccn1. The van der Waals surface area contributed by atoms with E-state index < -0.39 is 0 Å². The molecule has 1 unspecified atom stereocenters. The third kappa shape index (κ3) is 3.00. The van der Waals surface area contributed by atoms with Crippen molar-refractivity contribution in [3.63, 3.8) is 0 Å². The molecule has 0 amide bonds. The fourth-order valence-corrected chi connectivity index (χ4v) is 1.90. The molecule has 1 atom stereocenters. The first-order valence-electron chi connectivity index (χ1n) is 5.95. The van der Waals surface area contributed by atoms with Gasteiger partial charge in [-0.3, -0.25) is 0 Å². The summed E-state index contributed by atoms with van der Waals surface area (Å²) < 4.78 is 10.6. The minimum Gasteiger partial charge on any atom is -0.497 e. The van der Waals surface area contributed by atoms with Gasteiger partial charge in [-0.1, -0.05) is 0 Å². The van der Waals surface area contributed by atoms with Crippen molar-refractivity contribution >= 4 is 0 Å². The smallest absolute Gasteiger partial charge is 0.149 e. The van der Waals surface area contributed by atoms with Crippen LogP contribution in [0.15, 0.2) is 36.7 Å². The summed E-state index contributed by atoms with van der Waals surface area (Å²) in [5, 5.41) is 3.20. The van der Waals surface area contributed by atoms with E-state index in [1.54, 1.807) is 32.7 Å². The van der Waals surface area contributed by atoms with Crippen molar-refractivity contribution in [3.05, 3.63) is 48.0 Å². The second kappa shape index (κ2) is 6.15. The molecule has 2 rings (SSSR count). The zero-order valence-corrected chi connectivity index (χ0v) is 11.3. The molecule has 0 fully saturated rings. The molecule has 5 heteroatoms. The lowest BCUT2D eigenvalue weighted by Gasteiger charge is -2.17. The fraction of sp³-hybridized carbons (Fsp3) is 0.286. The van der Waals surface area contributed by atoms with Gasteiger partial charge in [-0.15, -0.1) is 0 Å². The van der Waals surface area contributed by atoms with Gasteiger partial charge in [0.15, 0.2) is 0 Å². The van der Waals surface area contributed by atoms with E-state index in [1.165, 1.54) is 0 Å².